The third kappa shape index (κ3) is 2.40. The molecular formula is C16H20N6O3S. The molecule has 4 heterocycles. The largest absolute Gasteiger partial charge is 0.337 e. The first-order chi connectivity index (χ1) is 12.3. The summed E-state index contributed by atoms with van der Waals surface area (Å²) in [6.07, 6.45) is 3.71. The minimum absolute atomic E-state index is 0.0431. The minimum atomic E-state index is -3.68. The van der Waals surface area contributed by atoms with Gasteiger partial charge in [0.15, 0.2) is 10.7 Å². The molecule has 0 spiro atoms. The van der Waals surface area contributed by atoms with Gasteiger partial charge >= 0.3 is 5.69 Å². The summed E-state index contributed by atoms with van der Waals surface area (Å²) in [5, 5.41) is 0.0431. The fraction of sp³-hybridized carbons (Fsp3) is 0.438. The van der Waals surface area contributed by atoms with E-state index < -0.39 is 10.0 Å². The normalized spacial score (nSPS) is 18.8. The number of aryl methyl sites for hydroxylation is 3. The molecule has 26 heavy (non-hydrogen) atoms. The van der Waals surface area contributed by atoms with E-state index in [-0.39, 0.29) is 23.3 Å². The second-order valence-electron chi connectivity index (χ2n) is 6.60. The molecule has 1 saturated heterocycles. The van der Waals surface area contributed by atoms with Crippen LogP contribution >= 0.6 is 0 Å². The molecule has 0 amide bonds. The number of fused-ring (bicyclic) bond motifs is 1. The van der Waals surface area contributed by atoms with Crippen LogP contribution in [0.1, 0.15) is 18.3 Å². The first-order valence-corrected chi connectivity index (χ1v) is 9.77. The van der Waals surface area contributed by atoms with E-state index in [1.54, 1.807) is 47.0 Å². The third-order valence-corrected chi connectivity index (χ3v) is 6.77. The van der Waals surface area contributed by atoms with Gasteiger partial charge in [-0.05, 0) is 25.5 Å². The molecule has 0 aliphatic carbocycles. The van der Waals surface area contributed by atoms with Gasteiger partial charge in [-0.2, -0.15) is 4.31 Å². The van der Waals surface area contributed by atoms with Gasteiger partial charge in [-0.25, -0.2) is 23.2 Å². The summed E-state index contributed by atoms with van der Waals surface area (Å²) in [6.45, 7) is 2.33. The Kier molecular flexibility index (Phi) is 3.77. The molecule has 0 aromatic carbocycles. The number of sulfonamides is 1. The Labute approximate surface area is 150 Å². The van der Waals surface area contributed by atoms with Crippen molar-refractivity contribution in [1.82, 2.24) is 28.0 Å². The molecule has 0 unspecified atom stereocenters. The molecule has 1 aliphatic rings. The Bertz CT molecular complexity index is 1140. The van der Waals surface area contributed by atoms with E-state index in [0.29, 0.717) is 24.4 Å². The van der Waals surface area contributed by atoms with E-state index in [2.05, 4.69) is 9.97 Å². The predicted octanol–water partition coefficient (Wildman–Crippen LogP) is 0.413. The number of pyridine rings is 1. The molecule has 4 rings (SSSR count). The van der Waals surface area contributed by atoms with Crippen LogP contribution in [-0.4, -0.2) is 49.5 Å². The van der Waals surface area contributed by atoms with E-state index in [4.69, 9.17) is 0 Å². The van der Waals surface area contributed by atoms with Gasteiger partial charge in [0.1, 0.15) is 5.82 Å². The highest BCUT2D eigenvalue weighted by Crippen LogP contribution is 2.28. The summed E-state index contributed by atoms with van der Waals surface area (Å²) in [5.74, 6) is 0.633. The van der Waals surface area contributed by atoms with Crippen molar-refractivity contribution >= 4 is 21.2 Å². The molecule has 0 N–H and O–H groups in total. The third-order valence-electron chi connectivity index (χ3n) is 5.03. The molecule has 3 aromatic heterocycles. The van der Waals surface area contributed by atoms with Crippen molar-refractivity contribution < 1.29 is 8.42 Å². The number of hydrogen-bond donors (Lipinski definition) is 0. The van der Waals surface area contributed by atoms with Gasteiger partial charge in [-0.3, -0.25) is 9.13 Å². The Morgan fingerprint density at radius 1 is 1.27 bits per heavy atom. The predicted molar refractivity (Wildman–Crippen MR) is 95.3 cm³/mol. The Hall–Kier alpha value is -2.46. The SMILES string of the molecule is Cc1nc(S(=O)(=O)N2CC[C@@H](n3c(=O)n(C)c4cccnc43)C2)cn1C. The maximum absolute atomic E-state index is 12.9. The van der Waals surface area contributed by atoms with Gasteiger partial charge in [0, 0.05) is 39.6 Å². The van der Waals surface area contributed by atoms with Crippen LogP contribution in [0, 0.1) is 6.92 Å². The van der Waals surface area contributed by atoms with E-state index in [1.807, 2.05) is 6.07 Å². The van der Waals surface area contributed by atoms with Crippen LogP contribution in [0.2, 0.25) is 0 Å². The fourth-order valence-corrected chi connectivity index (χ4v) is 4.96. The summed E-state index contributed by atoms with van der Waals surface area (Å²) in [4.78, 5) is 21.1. The minimum Gasteiger partial charge on any atom is -0.337 e. The average Bonchev–Trinajstić information content (AvgIpc) is 3.28. The number of rotatable bonds is 3. The fourth-order valence-electron chi connectivity index (χ4n) is 3.44. The van der Waals surface area contributed by atoms with Gasteiger partial charge in [0.25, 0.3) is 10.0 Å². The van der Waals surface area contributed by atoms with Gasteiger partial charge in [-0.15, -0.1) is 0 Å². The summed E-state index contributed by atoms with van der Waals surface area (Å²) < 4.78 is 32.0. The number of aromatic nitrogens is 5. The van der Waals surface area contributed by atoms with E-state index in [0.717, 1.165) is 5.52 Å². The highest BCUT2D eigenvalue weighted by atomic mass is 32.2. The number of imidazole rings is 2. The molecule has 9 nitrogen and oxygen atoms in total. The van der Waals surface area contributed by atoms with E-state index >= 15 is 0 Å². The smallest absolute Gasteiger partial charge is 0.330 e. The average molecular weight is 376 g/mol. The molecule has 0 bridgehead atoms. The van der Waals surface area contributed by atoms with Crippen LogP contribution in [0.3, 0.4) is 0 Å². The molecule has 0 saturated carbocycles. The molecule has 3 aromatic rings. The molecule has 1 fully saturated rings. The topological polar surface area (TPSA) is 95.0 Å². The lowest BCUT2D eigenvalue weighted by Crippen LogP contribution is -2.32. The molecule has 10 heteroatoms. The molecule has 138 valence electrons. The number of nitrogens with zero attached hydrogens (tertiary/aromatic N) is 6. The van der Waals surface area contributed by atoms with Crippen LogP contribution in [0.5, 0.6) is 0 Å². The molecule has 1 atom stereocenters. The van der Waals surface area contributed by atoms with Crippen LogP contribution in [0.25, 0.3) is 11.2 Å². The van der Waals surface area contributed by atoms with E-state index in [1.165, 1.54) is 10.5 Å². The zero-order valence-electron chi connectivity index (χ0n) is 14.8. The lowest BCUT2D eigenvalue weighted by atomic mass is 10.2. The van der Waals surface area contributed by atoms with Crippen molar-refractivity contribution in [3.8, 4) is 0 Å². The van der Waals surface area contributed by atoms with Crippen molar-refractivity contribution in [2.24, 2.45) is 14.1 Å². The van der Waals surface area contributed by atoms with Crippen LogP contribution in [-0.2, 0) is 24.1 Å². The maximum atomic E-state index is 12.9. The van der Waals surface area contributed by atoms with Crippen molar-refractivity contribution in [2.45, 2.75) is 24.4 Å². The summed E-state index contributed by atoms with van der Waals surface area (Å²) in [5.41, 5.74) is 1.13. The van der Waals surface area contributed by atoms with Gasteiger partial charge in [0.05, 0.1) is 11.6 Å². The highest BCUT2D eigenvalue weighted by Gasteiger charge is 2.36. The highest BCUT2D eigenvalue weighted by molar-refractivity contribution is 7.89. The van der Waals surface area contributed by atoms with Crippen molar-refractivity contribution in [3.05, 3.63) is 40.8 Å². The van der Waals surface area contributed by atoms with Gasteiger partial charge in [-0.1, -0.05) is 0 Å². The second-order valence-corrected chi connectivity index (χ2v) is 8.49. The summed E-state index contributed by atoms with van der Waals surface area (Å²) in [6, 6.07) is 3.36. The lowest BCUT2D eigenvalue weighted by Gasteiger charge is -2.15. The van der Waals surface area contributed by atoms with Gasteiger partial charge < -0.3 is 4.57 Å². The van der Waals surface area contributed by atoms with Crippen molar-refractivity contribution in [2.75, 3.05) is 13.1 Å². The standard InChI is InChI=1S/C16H20N6O3S/c1-11-18-14(10-19(11)2)26(24,25)21-8-6-12(9-21)22-15-13(5-4-7-17-15)20(3)16(22)23/h4-5,7,10,12H,6,8-9H2,1-3H3/t12-/m1/s1. The zero-order chi connectivity index (χ0) is 18.6. The maximum Gasteiger partial charge on any atom is 0.330 e. The Morgan fingerprint density at radius 2 is 2.04 bits per heavy atom. The Balaban J connectivity index is 1.70. The lowest BCUT2D eigenvalue weighted by molar-refractivity contribution is 0.447. The van der Waals surface area contributed by atoms with Crippen LogP contribution < -0.4 is 5.69 Å². The summed E-state index contributed by atoms with van der Waals surface area (Å²) >= 11 is 0. The second kappa shape index (κ2) is 5.78. The zero-order valence-corrected chi connectivity index (χ0v) is 15.6. The molecule has 1 aliphatic heterocycles. The van der Waals surface area contributed by atoms with Crippen LogP contribution in [0.4, 0.5) is 0 Å². The monoisotopic (exact) mass is 376 g/mol. The van der Waals surface area contributed by atoms with Crippen molar-refractivity contribution in [3.63, 3.8) is 0 Å². The van der Waals surface area contributed by atoms with E-state index in [9.17, 15) is 13.2 Å². The Morgan fingerprint density at radius 3 is 2.73 bits per heavy atom. The van der Waals surface area contributed by atoms with Crippen molar-refractivity contribution in [1.29, 1.82) is 0 Å². The van der Waals surface area contributed by atoms with Crippen LogP contribution in [0.15, 0.2) is 34.3 Å². The summed E-state index contributed by atoms with van der Waals surface area (Å²) in [7, 11) is -0.225. The quantitative estimate of drug-likeness (QED) is 0.660. The first kappa shape index (κ1) is 17.0. The number of hydrogen-bond acceptors (Lipinski definition) is 5. The first-order valence-electron chi connectivity index (χ1n) is 8.33. The van der Waals surface area contributed by atoms with Gasteiger partial charge in [0.2, 0.25) is 0 Å². The molecular weight excluding hydrogens is 356 g/mol. The molecule has 0 radical (unpaired) electrons.